The van der Waals surface area contributed by atoms with Gasteiger partial charge < -0.3 is 5.32 Å². The third-order valence-electron chi connectivity index (χ3n) is 4.74. The lowest BCUT2D eigenvalue weighted by Crippen LogP contribution is -2.40. The minimum atomic E-state index is 0.623. The van der Waals surface area contributed by atoms with Crippen molar-refractivity contribution in [2.24, 2.45) is 5.41 Å². The van der Waals surface area contributed by atoms with E-state index in [1.807, 2.05) is 0 Å². The SMILES string of the molecule is CCCCNCC(C)N1CCC(CC)(CC)C1. The van der Waals surface area contributed by atoms with Gasteiger partial charge in [0.25, 0.3) is 0 Å². The molecule has 0 aromatic heterocycles. The normalized spacial score (nSPS) is 21.9. The molecule has 17 heavy (non-hydrogen) atoms. The van der Waals surface area contributed by atoms with Crippen LogP contribution in [0.15, 0.2) is 0 Å². The van der Waals surface area contributed by atoms with Crippen LogP contribution >= 0.6 is 0 Å². The molecule has 0 aromatic rings. The maximum atomic E-state index is 3.58. The number of hydrogen-bond acceptors (Lipinski definition) is 2. The standard InChI is InChI=1S/C15H32N2/c1-5-8-10-16-12-14(4)17-11-9-15(6-2,7-3)13-17/h14,16H,5-13H2,1-4H3. The Labute approximate surface area is 108 Å². The van der Waals surface area contributed by atoms with Crippen LogP contribution in [0.2, 0.25) is 0 Å². The highest BCUT2D eigenvalue weighted by molar-refractivity contribution is 4.90. The van der Waals surface area contributed by atoms with Crippen molar-refractivity contribution in [1.29, 1.82) is 0 Å². The lowest BCUT2D eigenvalue weighted by Gasteiger charge is -2.29. The second-order valence-corrected chi connectivity index (χ2v) is 5.83. The number of unbranched alkanes of at least 4 members (excludes halogenated alkanes) is 1. The van der Waals surface area contributed by atoms with E-state index in [-0.39, 0.29) is 0 Å². The van der Waals surface area contributed by atoms with Crippen LogP contribution in [0, 0.1) is 5.41 Å². The smallest absolute Gasteiger partial charge is 0.0192 e. The molecular weight excluding hydrogens is 208 g/mol. The Kier molecular flexibility index (Phi) is 6.50. The van der Waals surface area contributed by atoms with Crippen LogP contribution in [0.1, 0.15) is 59.8 Å². The molecule has 0 aromatic carbocycles. The molecule has 0 amide bonds. The summed E-state index contributed by atoms with van der Waals surface area (Å²) >= 11 is 0. The van der Waals surface area contributed by atoms with Crippen LogP contribution in [-0.2, 0) is 0 Å². The van der Waals surface area contributed by atoms with E-state index in [2.05, 4.69) is 37.9 Å². The molecule has 1 aliphatic heterocycles. The van der Waals surface area contributed by atoms with Crippen LogP contribution in [0.5, 0.6) is 0 Å². The number of nitrogens with zero attached hydrogens (tertiary/aromatic N) is 1. The van der Waals surface area contributed by atoms with Gasteiger partial charge >= 0.3 is 0 Å². The monoisotopic (exact) mass is 240 g/mol. The van der Waals surface area contributed by atoms with Gasteiger partial charge in [-0.1, -0.05) is 27.2 Å². The van der Waals surface area contributed by atoms with Crippen LogP contribution in [0.3, 0.4) is 0 Å². The predicted molar refractivity (Wildman–Crippen MR) is 76.4 cm³/mol. The van der Waals surface area contributed by atoms with Crippen molar-refractivity contribution in [3.8, 4) is 0 Å². The van der Waals surface area contributed by atoms with Gasteiger partial charge in [0.15, 0.2) is 0 Å². The van der Waals surface area contributed by atoms with E-state index in [1.165, 1.54) is 51.7 Å². The van der Waals surface area contributed by atoms with Gasteiger partial charge in [-0.25, -0.2) is 0 Å². The Bertz CT molecular complexity index is 199. The van der Waals surface area contributed by atoms with E-state index in [4.69, 9.17) is 0 Å². The summed E-state index contributed by atoms with van der Waals surface area (Å²) in [5.41, 5.74) is 0.623. The molecule has 1 heterocycles. The van der Waals surface area contributed by atoms with Crippen LogP contribution in [0.4, 0.5) is 0 Å². The number of rotatable bonds is 8. The summed E-state index contributed by atoms with van der Waals surface area (Å²) in [6.45, 7) is 14.3. The van der Waals surface area contributed by atoms with Crippen molar-refractivity contribution in [1.82, 2.24) is 10.2 Å². The number of nitrogens with one attached hydrogen (secondary N) is 1. The zero-order valence-corrected chi connectivity index (χ0v) is 12.4. The molecule has 1 N–H and O–H groups in total. The molecule has 0 spiro atoms. The van der Waals surface area contributed by atoms with Crippen molar-refractivity contribution in [2.75, 3.05) is 26.2 Å². The summed E-state index contributed by atoms with van der Waals surface area (Å²) in [4.78, 5) is 2.69. The van der Waals surface area contributed by atoms with Crippen LogP contribution in [-0.4, -0.2) is 37.1 Å². The van der Waals surface area contributed by atoms with Crippen molar-refractivity contribution < 1.29 is 0 Å². The molecule has 1 saturated heterocycles. The molecule has 0 bridgehead atoms. The highest BCUT2D eigenvalue weighted by Gasteiger charge is 2.36. The van der Waals surface area contributed by atoms with Gasteiger partial charge in [-0.2, -0.15) is 0 Å². The molecule has 1 atom stereocenters. The average molecular weight is 240 g/mol. The summed E-state index contributed by atoms with van der Waals surface area (Å²) in [5.74, 6) is 0. The lowest BCUT2D eigenvalue weighted by atomic mass is 9.82. The Morgan fingerprint density at radius 3 is 2.47 bits per heavy atom. The highest BCUT2D eigenvalue weighted by atomic mass is 15.2. The maximum absolute atomic E-state index is 3.58. The first-order valence-electron chi connectivity index (χ1n) is 7.62. The van der Waals surface area contributed by atoms with Crippen LogP contribution in [0.25, 0.3) is 0 Å². The topological polar surface area (TPSA) is 15.3 Å². The highest BCUT2D eigenvalue weighted by Crippen LogP contribution is 2.37. The van der Waals surface area contributed by atoms with E-state index < -0.39 is 0 Å². The van der Waals surface area contributed by atoms with E-state index in [1.54, 1.807) is 0 Å². The van der Waals surface area contributed by atoms with Gasteiger partial charge in [0.05, 0.1) is 0 Å². The molecule has 2 nitrogen and oxygen atoms in total. The Balaban J connectivity index is 2.27. The average Bonchev–Trinajstić information content (AvgIpc) is 2.79. The second kappa shape index (κ2) is 7.38. The zero-order valence-electron chi connectivity index (χ0n) is 12.4. The van der Waals surface area contributed by atoms with Crippen molar-refractivity contribution in [2.45, 2.75) is 65.8 Å². The number of hydrogen-bond donors (Lipinski definition) is 1. The summed E-state index contributed by atoms with van der Waals surface area (Å²) < 4.78 is 0. The third-order valence-corrected chi connectivity index (χ3v) is 4.74. The Hall–Kier alpha value is -0.0800. The molecule has 2 heteroatoms. The molecule has 1 aliphatic rings. The van der Waals surface area contributed by atoms with Crippen molar-refractivity contribution in [3.63, 3.8) is 0 Å². The van der Waals surface area contributed by atoms with Gasteiger partial charge in [0, 0.05) is 19.1 Å². The number of likely N-dealkylation sites (tertiary alicyclic amines) is 1. The van der Waals surface area contributed by atoms with E-state index >= 15 is 0 Å². The summed E-state index contributed by atoms with van der Waals surface area (Å²) in [5, 5.41) is 3.58. The molecule has 0 radical (unpaired) electrons. The van der Waals surface area contributed by atoms with Gasteiger partial charge in [-0.15, -0.1) is 0 Å². The molecule has 0 aliphatic carbocycles. The van der Waals surface area contributed by atoms with Gasteiger partial charge in [0.1, 0.15) is 0 Å². The summed E-state index contributed by atoms with van der Waals surface area (Å²) in [7, 11) is 0. The first kappa shape index (κ1) is 15.0. The fourth-order valence-corrected chi connectivity index (χ4v) is 2.91. The van der Waals surface area contributed by atoms with Crippen LogP contribution < -0.4 is 5.32 Å². The van der Waals surface area contributed by atoms with Gasteiger partial charge in [0.2, 0.25) is 0 Å². The predicted octanol–water partition coefficient (Wildman–Crippen LogP) is 3.28. The molecule has 0 saturated carbocycles. The maximum Gasteiger partial charge on any atom is 0.0192 e. The summed E-state index contributed by atoms with van der Waals surface area (Å²) in [6.07, 6.45) is 6.69. The minimum absolute atomic E-state index is 0.623. The molecule has 1 unspecified atom stereocenters. The third kappa shape index (κ3) is 4.26. The van der Waals surface area contributed by atoms with Crippen molar-refractivity contribution in [3.05, 3.63) is 0 Å². The fraction of sp³-hybridized carbons (Fsp3) is 1.00. The Morgan fingerprint density at radius 2 is 1.94 bits per heavy atom. The first-order chi connectivity index (χ1) is 8.17. The Morgan fingerprint density at radius 1 is 1.24 bits per heavy atom. The lowest BCUT2D eigenvalue weighted by molar-refractivity contribution is 0.200. The van der Waals surface area contributed by atoms with Gasteiger partial charge in [-0.05, 0) is 51.1 Å². The van der Waals surface area contributed by atoms with Crippen molar-refractivity contribution >= 4 is 0 Å². The van der Waals surface area contributed by atoms with E-state index in [0.717, 1.165) is 6.54 Å². The molecular formula is C15H32N2. The first-order valence-corrected chi connectivity index (χ1v) is 7.62. The quantitative estimate of drug-likeness (QED) is 0.655. The molecule has 1 rings (SSSR count). The molecule has 102 valence electrons. The van der Waals surface area contributed by atoms with E-state index in [0.29, 0.717) is 11.5 Å². The summed E-state index contributed by atoms with van der Waals surface area (Å²) in [6, 6.07) is 0.701. The minimum Gasteiger partial charge on any atom is -0.315 e. The van der Waals surface area contributed by atoms with E-state index in [9.17, 15) is 0 Å². The second-order valence-electron chi connectivity index (χ2n) is 5.83. The zero-order chi connectivity index (χ0) is 12.7. The molecule has 1 fully saturated rings. The largest absolute Gasteiger partial charge is 0.315 e. The van der Waals surface area contributed by atoms with Gasteiger partial charge in [-0.3, -0.25) is 4.90 Å². The fourth-order valence-electron chi connectivity index (χ4n) is 2.91.